The molecule has 0 aromatic rings. The van der Waals surface area contributed by atoms with Gasteiger partial charge >= 0.3 is 5.97 Å². The van der Waals surface area contributed by atoms with Crippen LogP contribution >= 0.6 is 0 Å². The monoisotopic (exact) mass is 348 g/mol. The standard InChI is InChI=1S/C21H29FO3/c1-12(23)25-19-18(22)11-17-15-5-4-13-10-14(24)6-8-20(13,2)16(15)7-9-21(17,19)3/h5-6,8,13-14,16-19,24H,4,7,9-11H2,1-3H3/t13?,14-,16-,17-,18+,19-,20-,21-/m0/s1. The van der Waals surface area contributed by atoms with Crippen LogP contribution in [0.25, 0.3) is 0 Å². The highest BCUT2D eigenvalue weighted by Crippen LogP contribution is 2.64. The number of carbonyl (C=O) groups is 1. The Kier molecular flexibility index (Phi) is 3.91. The summed E-state index contributed by atoms with van der Waals surface area (Å²) in [6.45, 7) is 5.79. The molecule has 25 heavy (non-hydrogen) atoms. The molecule has 0 bridgehead atoms. The smallest absolute Gasteiger partial charge is 0.303 e. The first-order chi connectivity index (χ1) is 11.8. The summed E-state index contributed by atoms with van der Waals surface area (Å²) in [5.41, 5.74) is 1.13. The van der Waals surface area contributed by atoms with E-state index in [9.17, 15) is 14.3 Å². The van der Waals surface area contributed by atoms with Crippen molar-refractivity contribution in [3.63, 3.8) is 0 Å². The van der Waals surface area contributed by atoms with Gasteiger partial charge in [-0.25, -0.2) is 4.39 Å². The molecule has 0 aromatic carbocycles. The van der Waals surface area contributed by atoms with Gasteiger partial charge in [0.25, 0.3) is 0 Å². The third-order valence-corrected chi connectivity index (χ3v) is 7.78. The molecule has 138 valence electrons. The molecule has 0 amide bonds. The van der Waals surface area contributed by atoms with Crippen molar-refractivity contribution in [1.82, 2.24) is 0 Å². The number of alkyl halides is 1. The first kappa shape index (κ1) is 17.3. The van der Waals surface area contributed by atoms with Crippen LogP contribution in [0.3, 0.4) is 0 Å². The summed E-state index contributed by atoms with van der Waals surface area (Å²) in [6.07, 6.45) is 8.57. The van der Waals surface area contributed by atoms with E-state index in [4.69, 9.17) is 4.74 Å². The first-order valence-corrected chi connectivity index (χ1v) is 9.64. The van der Waals surface area contributed by atoms with E-state index in [0.29, 0.717) is 18.3 Å². The largest absolute Gasteiger partial charge is 0.459 e. The molecule has 0 saturated heterocycles. The topological polar surface area (TPSA) is 46.5 Å². The van der Waals surface area contributed by atoms with Crippen LogP contribution in [0.5, 0.6) is 0 Å². The van der Waals surface area contributed by atoms with Crippen molar-refractivity contribution >= 4 is 5.97 Å². The Labute approximate surface area is 149 Å². The van der Waals surface area contributed by atoms with Crippen molar-refractivity contribution < 1.29 is 19.0 Å². The van der Waals surface area contributed by atoms with E-state index in [0.717, 1.165) is 25.7 Å². The zero-order valence-corrected chi connectivity index (χ0v) is 15.4. The fourth-order valence-corrected chi connectivity index (χ4v) is 6.38. The third kappa shape index (κ3) is 2.43. The molecule has 3 nitrogen and oxygen atoms in total. The lowest BCUT2D eigenvalue weighted by molar-refractivity contribution is -0.157. The summed E-state index contributed by atoms with van der Waals surface area (Å²) >= 11 is 0. The van der Waals surface area contributed by atoms with Crippen molar-refractivity contribution in [1.29, 1.82) is 0 Å². The summed E-state index contributed by atoms with van der Waals surface area (Å²) in [5, 5.41) is 10.00. The van der Waals surface area contributed by atoms with Crippen LogP contribution in [0, 0.1) is 28.6 Å². The number of aliphatic hydroxyl groups excluding tert-OH is 1. The van der Waals surface area contributed by atoms with Gasteiger partial charge in [-0.2, -0.15) is 0 Å². The molecule has 4 aliphatic rings. The summed E-state index contributed by atoms with van der Waals surface area (Å²) in [6, 6.07) is 0. The van der Waals surface area contributed by atoms with Gasteiger partial charge in [-0.3, -0.25) is 4.79 Å². The maximum Gasteiger partial charge on any atom is 0.303 e. The van der Waals surface area contributed by atoms with E-state index >= 15 is 0 Å². The number of ether oxygens (including phenoxy) is 1. The van der Waals surface area contributed by atoms with E-state index in [2.05, 4.69) is 26.0 Å². The number of rotatable bonds is 1. The quantitative estimate of drug-likeness (QED) is 0.576. The van der Waals surface area contributed by atoms with Crippen molar-refractivity contribution in [2.75, 3.05) is 0 Å². The van der Waals surface area contributed by atoms with Gasteiger partial charge < -0.3 is 9.84 Å². The Morgan fingerprint density at radius 2 is 2.08 bits per heavy atom. The Balaban J connectivity index is 1.68. The Morgan fingerprint density at radius 3 is 2.80 bits per heavy atom. The minimum Gasteiger partial charge on any atom is -0.459 e. The summed E-state index contributed by atoms with van der Waals surface area (Å²) in [4.78, 5) is 11.5. The minimum absolute atomic E-state index is 0.0516. The molecule has 1 unspecified atom stereocenters. The molecule has 0 spiro atoms. The highest BCUT2D eigenvalue weighted by Gasteiger charge is 2.61. The molecule has 0 aromatic heterocycles. The fraction of sp³-hybridized carbons (Fsp3) is 0.762. The van der Waals surface area contributed by atoms with Crippen molar-refractivity contribution in [3.8, 4) is 0 Å². The second kappa shape index (κ2) is 5.67. The van der Waals surface area contributed by atoms with Crippen LogP contribution in [0.4, 0.5) is 4.39 Å². The second-order valence-electron chi connectivity index (χ2n) is 9.10. The summed E-state index contributed by atoms with van der Waals surface area (Å²) in [5.74, 6) is 0.642. The lowest BCUT2D eigenvalue weighted by atomic mass is 9.50. The Morgan fingerprint density at radius 1 is 1.32 bits per heavy atom. The SMILES string of the molecule is CC(=O)O[C@H]1[C@H](F)C[C@H]2C3=CCC4C[C@@H](O)C=C[C@]4(C)[C@H]3CC[C@@]21C. The summed E-state index contributed by atoms with van der Waals surface area (Å²) < 4.78 is 20.2. The Hall–Kier alpha value is -1.16. The minimum atomic E-state index is -1.08. The molecule has 0 radical (unpaired) electrons. The molecule has 8 atom stereocenters. The summed E-state index contributed by atoms with van der Waals surface area (Å²) in [7, 11) is 0. The molecule has 2 fully saturated rings. The van der Waals surface area contributed by atoms with E-state index < -0.39 is 12.3 Å². The van der Waals surface area contributed by atoms with Gasteiger partial charge in [-0.1, -0.05) is 37.6 Å². The molecular formula is C21H29FO3. The van der Waals surface area contributed by atoms with Crippen molar-refractivity contribution in [2.45, 2.75) is 71.3 Å². The number of hydrogen-bond acceptors (Lipinski definition) is 3. The third-order valence-electron chi connectivity index (χ3n) is 7.78. The van der Waals surface area contributed by atoms with Gasteiger partial charge in [-0.15, -0.1) is 0 Å². The van der Waals surface area contributed by atoms with Gasteiger partial charge in [0.2, 0.25) is 0 Å². The van der Waals surface area contributed by atoms with Crippen LogP contribution in [0.2, 0.25) is 0 Å². The maximum absolute atomic E-state index is 14.8. The average Bonchev–Trinajstić information content (AvgIpc) is 2.79. The molecule has 4 rings (SSSR count). The van der Waals surface area contributed by atoms with Crippen molar-refractivity contribution in [3.05, 3.63) is 23.8 Å². The molecular weight excluding hydrogens is 319 g/mol. The van der Waals surface area contributed by atoms with Gasteiger partial charge in [0, 0.05) is 12.3 Å². The van der Waals surface area contributed by atoms with Crippen LogP contribution in [0.1, 0.15) is 52.9 Å². The highest BCUT2D eigenvalue weighted by atomic mass is 19.1. The zero-order valence-electron chi connectivity index (χ0n) is 15.4. The number of fused-ring (bicyclic) bond motifs is 5. The Bertz CT molecular complexity index is 641. The van der Waals surface area contributed by atoms with Crippen LogP contribution in [0.15, 0.2) is 23.8 Å². The maximum atomic E-state index is 14.8. The molecule has 4 aliphatic carbocycles. The van der Waals surface area contributed by atoms with Gasteiger partial charge in [0.1, 0.15) is 12.3 Å². The van der Waals surface area contributed by atoms with E-state index in [1.165, 1.54) is 12.5 Å². The zero-order chi connectivity index (χ0) is 18.0. The van der Waals surface area contributed by atoms with Crippen LogP contribution in [-0.4, -0.2) is 29.5 Å². The molecule has 2 saturated carbocycles. The van der Waals surface area contributed by atoms with E-state index in [1.807, 2.05) is 6.08 Å². The number of esters is 1. The molecule has 1 N–H and O–H groups in total. The number of carbonyl (C=O) groups excluding carboxylic acids is 1. The molecule has 0 aliphatic heterocycles. The molecule has 4 heteroatoms. The van der Waals surface area contributed by atoms with Gasteiger partial charge in [0.15, 0.2) is 0 Å². The fourth-order valence-electron chi connectivity index (χ4n) is 6.38. The van der Waals surface area contributed by atoms with Crippen LogP contribution < -0.4 is 0 Å². The predicted octanol–water partition coefficient (Wildman–Crippen LogP) is 3.97. The van der Waals surface area contributed by atoms with E-state index in [1.54, 1.807) is 0 Å². The lowest BCUT2D eigenvalue weighted by Gasteiger charge is -2.55. The van der Waals surface area contributed by atoms with Crippen molar-refractivity contribution in [2.24, 2.45) is 28.6 Å². The number of hydrogen-bond donors (Lipinski definition) is 1. The van der Waals surface area contributed by atoms with Gasteiger partial charge in [-0.05, 0) is 55.3 Å². The number of halogens is 1. The van der Waals surface area contributed by atoms with Crippen LogP contribution in [-0.2, 0) is 9.53 Å². The highest BCUT2D eigenvalue weighted by molar-refractivity contribution is 5.66. The lowest BCUT2D eigenvalue weighted by Crippen LogP contribution is -2.49. The predicted molar refractivity (Wildman–Crippen MR) is 93.4 cm³/mol. The molecule has 0 heterocycles. The van der Waals surface area contributed by atoms with E-state index in [-0.39, 0.29) is 28.8 Å². The average molecular weight is 348 g/mol. The normalized spacial score (nSPS) is 51.2. The first-order valence-electron chi connectivity index (χ1n) is 9.64. The second-order valence-corrected chi connectivity index (χ2v) is 9.10. The van der Waals surface area contributed by atoms with Gasteiger partial charge in [0.05, 0.1) is 6.10 Å². The number of aliphatic hydroxyl groups is 1. The number of allylic oxidation sites excluding steroid dienone is 3.